The van der Waals surface area contributed by atoms with Crippen molar-refractivity contribution >= 4 is 56.6 Å². The molecule has 1 aromatic heterocycles. The number of carbonyl (C=O) groups excluding carboxylic acids is 3. The third-order valence-electron chi connectivity index (χ3n) is 10.5. The van der Waals surface area contributed by atoms with Gasteiger partial charge in [0, 0.05) is 42.0 Å². The molecule has 4 atom stereocenters. The van der Waals surface area contributed by atoms with Crippen LogP contribution in [0.1, 0.15) is 146 Å². The lowest BCUT2D eigenvalue weighted by atomic mass is 9.83. The smallest absolute Gasteiger partial charge is 0.271 e. The average molecular weight is 751 g/mol. The highest BCUT2D eigenvalue weighted by molar-refractivity contribution is 8.29. The zero-order valence-corrected chi connectivity index (χ0v) is 34.2. The lowest BCUT2D eigenvalue weighted by molar-refractivity contribution is -0.131. The number of aromatic nitrogens is 1. The summed E-state index contributed by atoms with van der Waals surface area (Å²) in [5.41, 5.74) is -1.21. The molecule has 3 fully saturated rings. The Hall–Kier alpha value is -2.02. The lowest BCUT2D eigenvalue weighted by Crippen LogP contribution is -2.53. The average Bonchev–Trinajstić information content (AvgIpc) is 3.44. The molecule has 282 valence electrons. The molecule has 0 spiro atoms. The molecule has 3 aliphatic rings. The van der Waals surface area contributed by atoms with Gasteiger partial charge in [0.05, 0.1) is 10.7 Å². The number of nitrogens with one attached hydrogen (secondary N) is 2. The first-order valence-corrected chi connectivity index (χ1v) is 22.2. The van der Waals surface area contributed by atoms with Crippen LogP contribution >= 0.6 is 33.9 Å². The van der Waals surface area contributed by atoms with E-state index < -0.39 is 33.8 Å². The summed E-state index contributed by atoms with van der Waals surface area (Å²) in [5.74, 6) is -0.185. The molecule has 3 amide bonds. The topological polar surface area (TPSA) is 110 Å². The molecule has 1 aromatic rings. The first-order valence-electron chi connectivity index (χ1n) is 18.5. The Balaban J connectivity index is 1.40. The normalized spacial score (nSPS) is 25.1. The van der Waals surface area contributed by atoms with Crippen molar-refractivity contribution in [3.8, 4) is 0 Å². The van der Waals surface area contributed by atoms with Gasteiger partial charge in [-0.2, -0.15) is 0 Å². The zero-order chi connectivity index (χ0) is 36.9. The van der Waals surface area contributed by atoms with Gasteiger partial charge >= 0.3 is 0 Å². The number of hydrogen-bond acceptors (Lipinski definition) is 8. The minimum Gasteiger partial charge on any atom is -0.482 e. The Morgan fingerprint density at radius 1 is 1.04 bits per heavy atom. The van der Waals surface area contributed by atoms with Gasteiger partial charge in [-0.1, -0.05) is 46.6 Å². The number of rotatable bonds is 12. The third-order valence-corrected chi connectivity index (χ3v) is 15.4. The van der Waals surface area contributed by atoms with Crippen molar-refractivity contribution in [1.29, 1.82) is 0 Å². The van der Waals surface area contributed by atoms with Crippen LogP contribution in [0.4, 0.5) is 0 Å². The van der Waals surface area contributed by atoms with Crippen LogP contribution in [0.15, 0.2) is 17.7 Å². The Morgan fingerprint density at radius 3 is 2.38 bits per heavy atom. The molecule has 2 N–H and O–H groups in total. The van der Waals surface area contributed by atoms with Crippen molar-refractivity contribution in [3.05, 3.63) is 28.4 Å². The highest BCUT2D eigenvalue weighted by atomic mass is 32.3. The van der Waals surface area contributed by atoms with Gasteiger partial charge in [-0.15, -0.1) is 21.6 Å². The van der Waals surface area contributed by atoms with Crippen LogP contribution in [0, 0.1) is 5.92 Å². The maximum atomic E-state index is 13.9. The zero-order valence-electron chi connectivity index (χ0n) is 31.8. The second-order valence-electron chi connectivity index (χ2n) is 16.8. The number of amides is 3. The van der Waals surface area contributed by atoms with E-state index in [0.717, 1.165) is 69.2 Å². The number of nitrogens with zero attached hydrogens (tertiary/aromatic N) is 2. The molecule has 1 saturated heterocycles. The molecule has 0 bridgehead atoms. The molecule has 0 radical (unpaired) electrons. The van der Waals surface area contributed by atoms with E-state index in [1.165, 1.54) is 24.2 Å². The summed E-state index contributed by atoms with van der Waals surface area (Å²) in [4.78, 5) is 47.4. The Kier molecular flexibility index (Phi) is 13.7. The summed E-state index contributed by atoms with van der Waals surface area (Å²) in [6.07, 6.45) is 16.7. The van der Waals surface area contributed by atoms with Crippen LogP contribution in [0.2, 0.25) is 0 Å². The summed E-state index contributed by atoms with van der Waals surface area (Å²) in [7, 11) is -1.60. The number of ether oxygens (including phenoxy) is 1. The number of carbonyl (C=O) groups is 3. The predicted molar refractivity (Wildman–Crippen MR) is 210 cm³/mol. The van der Waals surface area contributed by atoms with Gasteiger partial charge in [0.15, 0.2) is 5.05 Å². The SMILES string of the molecule is C=C(NC(=O)C1(NC(=O)c2csc(C3CCCCC(CCCC(=S)OC(C)(C)C)CC3)n2)CC1OS(C)(C)C(C)(C)C)C(=O)N1CCCCC1. The van der Waals surface area contributed by atoms with Crippen molar-refractivity contribution in [1.82, 2.24) is 20.5 Å². The summed E-state index contributed by atoms with van der Waals surface area (Å²) >= 11 is 6.99. The predicted octanol–water partition coefficient (Wildman–Crippen LogP) is 8.19. The van der Waals surface area contributed by atoms with Crippen molar-refractivity contribution < 1.29 is 23.3 Å². The van der Waals surface area contributed by atoms with E-state index in [0.29, 0.717) is 42.1 Å². The third kappa shape index (κ3) is 11.0. The second-order valence-corrected chi connectivity index (χ2v) is 22.0. The monoisotopic (exact) mass is 750 g/mol. The fraction of sp³-hybridized carbons (Fsp3) is 0.763. The molecule has 4 unspecified atom stereocenters. The molecule has 2 heterocycles. The fourth-order valence-corrected chi connectivity index (χ4v) is 9.13. The van der Waals surface area contributed by atoms with Gasteiger partial charge in [0.2, 0.25) is 0 Å². The molecule has 2 saturated carbocycles. The van der Waals surface area contributed by atoms with Crippen molar-refractivity contribution in [2.24, 2.45) is 5.92 Å². The van der Waals surface area contributed by atoms with Crippen molar-refractivity contribution in [2.75, 3.05) is 25.6 Å². The first kappa shape index (κ1) is 40.7. The van der Waals surface area contributed by atoms with Gasteiger partial charge in [-0.25, -0.2) is 4.98 Å². The highest BCUT2D eigenvalue weighted by Gasteiger charge is 2.64. The standard InChI is InChI=1S/C38H62N4O5S3/c1-26(34(44)42-22-13-10-14-23-42)39-35(45)38(24-30(38)47-50(8,9)37(5,6)7)41-32(43)29-25-49-33(40-29)28-18-12-11-16-27(20-21-28)17-15-19-31(48)46-36(2,3)4/h25,27-28,30H,1,10-24H2,2-9H3,(H,39,45)(H,41,43). The van der Waals surface area contributed by atoms with E-state index in [1.54, 1.807) is 4.90 Å². The Bertz CT molecular complexity index is 1390. The maximum absolute atomic E-state index is 13.9. The highest BCUT2D eigenvalue weighted by Crippen LogP contribution is 2.59. The fourth-order valence-electron chi connectivity index (χ4n) is 6.66. The Labute approximate surface area is 312 Å². The molecule has 50 heavy (non-hydrogen) atoms. The number of piperidine rings is 1. The van der Waals surface area contributed by atoms with E-state index in [9.17, 15) is 14.4 Å². The van der Waals surface area contributed by atoms with Crippen molar-refractivity contribution in [3.63, 3.8) is 0 Å². The maximum Gasteiger partial charge on any atom is 0.271 e. The first-order chi connectivity index (χ1) is 23.3. The molecule has 0 aromatic carbocycles. The van der Waals surface area contributed by atoms with Crippen LogP contribution < -0.4 is 10.6 Å². The second kappa shape index (κ2) is 16.8. The Morgan fingerprint density at radius 2 is 1.72 bits per heavy atom. The summed E-state index contributed by atoms with van der Waals surface area (Å²) in [5, 5.41) is 9.27. The molecule has 1 aliphatic heterocycles. The van der Waals surface area contributed by atoms with Crippen molar-refractivity contribution in [2.45, 2.75) is 153 Å². The van der Waals surface area contributed by atoms with E-state index in [1.807, 2.05) is 26.2 Å². The van der Waals surface area contributed by atoms with Crippen LogP contribution in [0.3, 0.4) is 0 Å². The molecule has 12 heteroatoms. The number of likely N-dealkylation sites (tertiary alicyclic amines) is 1. The number of hydrogen-bond donors (Lipinski definition) is 2. The summed E-state index contributed by atoms with van der Waals surface area (Å²) < 4.78 is 12.3. The van der Waals surface area contributed by atoms with Gasteiger partial charge in [-0.05, 0) is 103 Å². The molecular weight excluding hydrogens is 689 g/mol. The van der Waals surface area contributed by atoms with E-state index in [4.69, 9.17) is 26.1 Å². The molecular formula is C38H62N4O5S3. The molecule has 4 rings (SSSR count). The molecule has 2 aliphatic carbocycles. The minimum atomic E-state index is -1.60. The van der Waals surface area contributed by atoms with E-state index >= 15 is 0 Å². The van der Waals surface area contributed by atoms with Gasteiger partial charge in [0.25, 0.3) is 17.7 Å². The number of thiocarbonyl (C=S) groups is 1. The van der Waals surface area contributed by atoms with Crippen LogP contribution in [0.25, 0.3) is 0 Å². The van der Waals surface area contributed by atoms with E-state index in [-0.39, 0.29) is 22.0 Å². The number of thiazole rings is 1. The van der Waals surface area contributed by atoms with E-state index in [2.05, 4.69) is 50.5 Å². The largest absolute Gasteiger partial charge is 0.482 e. The van der Waals surface area contributed by atoms with Gasteiger partial charge in [-0.3, -0.25) is 14.4 Å². The van der Waals surface area contributed by atoms with Gasteiger partial charge < -0.3 is 24.5 Å². The lowest BCUT2D eigenvalue weighted by Gasteiger charge is -2.44. The summed E-state index contributed by atoms with van der Waals surface area (Å²) in [6.45, 7) is 17.7. The van der Waals surface area contributed by atoms with Gasteiger partial charge in [0.1, 0.15) is 22.9 Å². The summed E-state index contributed by atoms with van der Waals surface area (Å²) in [6, 6.07) is 0. The quantitative estimate of drug-likeness (QED) is 0.164. The molecule has 9 nitrogen and oxygen atoms in total. The van der Waals surface area contributed by atoms with Crippen LogP contribution in [-0.4, -0.2) is 80.2 Å². The van der Waals surface area contributed by atoms with Crippen LogP contribution in [-0.2, 0) is 18.5 Å². The van der Waals surface area contributed by atoms with Crippen LogP contribution in [0.5, 0.6) is 0 Å². The minimum absolute atomic E-state index is 0.0260.